The largest absolute Gasteiger partial charge is 0.472 e. The minimum atomic E-state index is 0.927. The van der Waals surface area contributed by atoms with Crippen LogP contribution in [0.25, 0.3) is 70.7 Å². The normalized spacial score (nSPS) is 11.6. The number of thiazole rings is 1. The van der Waals surface area contributed by atoms with E-state index in [2.05, 4.69) is 95.6 Å². The predicted octanol–water partition coefficient (Wildman–Crippen LogP) is 9.38. The van der Waals surface area contributed by atoms with Gasteiger partial charge in [-0.15, -0.1) is 11.3 Å². The van der Waals surface area contributed by atoms with Crippen molar-refractivity contribution in [3.05, 3.63) is 128 Å². The quantitative estimate of drug-likeness (QED) is 0.233. The van der Waals surface area contributed by atoms with Crippen LogP contribution in [0.1, 0.15) is 0 Å². The van der Waals surface area contributed by atoms with Gasteiger partial charge in [-0.05, 0) is 48.5 Å². The Labute approximate surface area is 228 Å². The Balaban J connectivity index is 1.35. The maximum Gasteiger partial charge on any atom is 0.124 e. The molecule has 4 nitrogen and oxygen atoms in total. The van der Waals surface area contributed by atoms with Crippen molar-refractivity contribution >= 4 is 43.4 Å². The highest BCUT2D eigenvalue weighted by atomic mass is 32.1. The van der Waals surface area contributed by atoms with Crippen molar-refractivity contribution in [2.24, 2.45) is 0 Å². The maximum atomic E-state index is 5.37. The number of rotatable bonds is 4. The van der Waals surface area contributed by atoms with E-state index in [1.54, 1.807) is 23.9 Å². The molecule has 0 N–H and O–H groups in total. The maximum absolute atomic E-state index is 5.37. The number of benzene rings is 4. The topological polar surface area (TPSA) is 43.9 Å². The Morgan fingerprint density at radius 1 is 0.667 bits per heavy atom. The molecule has 39 heavy (non-hydrogen) atoms. The van der Waals surface area contributed by atoms with Crippen molar-refractivity contribution in [3.63, 3.8) is 0 Å². The second kappa shape index (κ2) is 8.79. The third-order valence-corrected chi connectivity index (χ3v) is 8.32. The van der Waals surface area contributed by atoms with Gasteiger partial charge in [0.2, 0.25) is 0 Å². The van der Waals surface area contributed by atoms with E-state index in [1.165, 1.54) is 21.0 Å². The van der Waals surface area contributed by atoms with Crippen LogP contribution in [0.15, 0.2) is 132 Å². The molecule has 0 atom stereocenters. The minimum Gasteiger partial charge on any atom is -0.472 e. The lowest BCUT2D eigenvalue weighted by atomic mass is 10.0. The van der Waals surface area contributed by atoms with Crippen LogP contribution in [-0.4, -0.2) is 14.5 Å². The molecule has 0 aliphatic carbocycles. The molecule has 0 radical (unpaired) electrons. The lowest BCUT2D eigenvalue weighted by molar-refractivity contribution is 0.568. The van der Waals surface area contributed by atoms with Crippen molar-refractivity contribution < 1.29 is 4.42 Å². The summed E-state index contributed by atoms with van der Waals surface area (Å²) in [5, 5.41) is 3.48. The van der Waals surface area contributed by atoms with Gasteiger partial charge in [-0.1, -0.05) is 60.7 Å². The zero-order chi connectivity index (χ0) is 25.8. The number of hydrogen-bond acceptors (Lipinski definition) is 4. The highest BCUT2D eigenvalue weighted by molar-refractivity contribution is 7.21. The van der Waals surface area contributed by atoms with Gasteiger partial charge in [0.25, 0.3) is 0 Å². The number of fused-ring (bicyclic) bond motifs is 4. The molecule has 8 aromatic rings. The summed E-state index contributed by atoms with van der Waals surface area (Å²) in [5.74, 6) is 0. The first-order valence-electron chi connectivity index (χ1n) is 12.8. The number of furan rings is 1. The average Bonchev–Trinajstić information content (AvgIpc) is 3.75. The monoisotopic (exact) mass is 519 g/mol. The molecule has 184 valence electrons. The Kier molecular flexibility index (Phi) is 4.96. The molecule has 0 saturated carbocycles. The third kappa shape index (κ3) is 3.59. The van der Waals surface area contributed by atoms with Crippen molar-refractivity contribution in [1.82, 2.24) is 14.5 Å². The molecule has 4 aromatic heterocycles. The Morgan fingerprint density at radius 3 is 2.49 bits per heavy atom. The highest BCUT2D eigenvalue weighted by Gasteiger charge is 2.16. The van der Waals surface area contributed by atoms with Gasteiger partial charge in [-0.2, -0.15) is 0 Å². The SMILES string of the molecule is c1cc(-c2ncccc2-c2ccoc2)cc(-n2c3ccccc3c3ccc(-c4nc5ccccc5s4)cc32)c1. The van der Waals surface area contributed by atoms with Crippen LogP contribution in [-0.2, 0) is 0 Å². The average molecular weight is 520 g/mol. The lowest BCUT2D eigenvalue weighted by Gasteiger charge is -2.12. The second-order valence-corrected chi connectivity index (χ2v) is 10.6. The van der Waals surface area contributed by atoms with Gasteiger partial charge in [-0.3, -0.25) is 4.98 Å². The summed E-state index contributed by atoms with van der Waals surface area (Å²) in [6, 6.07) is 38.3. The Morgan fingerprint density at radius 2 is 1.56 bits per heavy atom. The molecule has 8 rings (SSSR count). The van der Waals surface area contributed by atoms with Crippen LogP contribution in [0.2, 0.25) is 0 Å². The molecular weight excluding hydrogens is 498 g/mol. The first-order chi connectivity index (χ1) is 19.3. The van der Waals surface area contributed by atoms with Gasteiger partial charge < -0.3 is 8.98 Å². The molecule has 0 amide bonds. The number of pyridine rings is 1. The fourth-order valence-corrected chi connectivity index (χ4v) is 6.42. The molecule has 0 spiro atoms. The van der Waals surface area contributed by atoms with E-state index in [9.17, 15) is 0 Å². The second-order valence-electron chi connectivity index (χ2n) is 9.53. The fourth-order valence-electron chi connectivity index (χ4n) is 5.46. The minimum absolute atomic E-state index is 0.927. The van der Waals surface area contributed by atoms with E-state index < -0.39 is 0 Å². The van der Waals surface area contributed by atoms with E-state index in [1.807, 2.05) is 24.4 Å². The van der Waals surface area contributed by atoms with Gasteiger partial charge in [0, 0.05) is 44.9 Å². The number of nitrogens with zero attached hydrogens (tertiary/aromatic N) is 3. The molecule has 4 heterocycles. The molecular formula is C34H21N3OS. The zero-order valence-electron chi connectivity index (χ0n) is 20.8. The summed E-state index contributed by atoms with van der Waals surface area (Å²) in [6.07, 6.45) is 5.31. The molecule has 0 fully saturated rings. The van der Waals surface area contributed by atoms with Crippen LogP contribution < -0.4 is 0 Å². The highest BCUT2D eigenvalue weighted by Crippen LogP contribution is 2.38. The van der Waals surface area contributed by atoms with E-state index in [4.69, 9.17) is 14.4 Å². The summed E-state index contributed by atoms with van der Waals surface area (Å²) in [6.45, 7) is 0. The van der Waals surface area contributed by atoms with Gasteiger partial charge in [-0.25, -0.2) is 4.98 Å². The zero-order valence-corrected chi connectivity index (χ0v) is 21.6. The lowest BCUT2D eigenvalue weighted by Crippen LogP contribution is -1.95. The molecule has 0 saturated heterocycles. The molecule has 0 bridgehead atoms. The van der Waals surface area contributed by atoms with Crippen LogP contribution in [0.5, 0.6) is 0 Å². The number of aromatic nitrogens is 3. The number of hydrogen-bond donors (Lipinski definition) is 0. The summed E-state index contributed by atoms with van der Waals surface area (Å²) in [7, 11) is 0. The summed E-state index contributed by atoms with van der Waals surface area (Å²) >= 11 is 1.73. The van der Waals surface area contributed by atoms with Crippen molar-refractivity contribution in [3.8, 4) is 38.6 Å². The van der Waals surface area contributed by atoms with E-state index in [0.29, 0.717) is 0 Å². The molecule has 4 aromatic carbocycles. The van der Waals surface area contributed by atoms with E-state index >= 15 is 0 Å². The number of para-hydroxylation sites is 2. The van der Waals surface area contributed by atoms with Crippen molar-refractivity contribution in [1.29, 1.82) is 0 Å². The molecule has 0 unspecified atom stereocenters. The van der Waals surface area contributed by atoms with E-state index in [-0.39, 0.29) is 0 Å². The molecule has 0 aliphatic heterocycles. The Bertz CT molecular complexity index is 2100. The van der Waals surface area contributed by atoms with Crippen molar-refractivity contribution in [2.45, 2.75) is 0 Å². The van der Waals surface area contributed by atoms with Gasteiger partial charge in [0.05, 0.1) is 39.5 Å². The van der Waals surface area contributed by atoms with E-state index in [0.717, 1.165) is 49.7 Å². The standard InChI is InChI=1S/C34H21N3OS/c1-3-12-30-27(9-1)28-15-14-23(34-36-29-11-2-4-13-32(29)39-34)20-31(28)37(30)25-8-5-7-22(19-25)33-26(10-6-17-35-33)24-16-18-38-21-24/h1-21H. The molecule has 0 aliphatic rings. The van der Waals surface area contributed by atoms with Crippen molar-refractivity contribution in [2.75, 3.05) is 0 Å². The van der Waals surface area contributed by atoms with Gasteiger partial charge >= 0.3 is 0 Å². The van der Waals surface area contributed by atoms with Crippen LogP contribution in [0.3, 0.4) is 0 Å². The summed E-state index contributed by atoms with van der Waals surface area (Å²) in [4.78, 5) is 9.70. The van der Waals surface area contributed by atoms with Gasteiger partial charge in [0.1, 0.15) is 5.01 Å². The predicted molar refractivity (Wildman–Crippen MR) is 160 cm³/mol. The van der Waals surface area contributed by atoms with Crippen LogP contribution in [0, 0.1) is 0 Å². The van der Waals surface area contributed by atoms with Crippen LogP contribution in [0.4, 0.5) is 0 Å². The van der Waals surface area contributed by atoms with Crippen LogP contribution >= 0.6 is 11.3 Å². The first kappa shape index (κ1) is 22.0. The third-order valence-electron chi connectivity index (χ3n) is 7.23. The molecule has 5 heteroatoms. The summed E-state index contributed by atoms with van der Waals surface area (Å²) in [5.41, 5.74) is 9.61. The van der Waals surface area contributed by atoms with Gasteiger partial charge in [0.15, 0.2) is 0 Å². The first-order valence-corrected chi connectivity index (χ1v) is 13.6. The fraction of sp³-hybridized carbons (Fsp3) is 0. The summed E-state index contributed by atoms with van der Waals surface area (Å²) < 4.78 is 8.92. The smallest absolute Gasteiger partial charge is 0.124 e. The Hall–Kier alpha value is -5.00.